The average Bonchev–Trinajstić information content (AvgIpc) is 2.84. The van der Waals surface area contributed by atoms with Crippen molar-refractivity contribution in [3.8, 4) is 0 Å². The van der Waals surface area contributed by atoms with E-state index in [1.807, 2.05) is 0 Å². The second-order valence-electron chi connectivity index (χ2n) is 6.09. The Morgan fingerprint density at radius 2 is 2.20 bits per heavy atom. The average molecular weight is 320 g/mol. The van der Waals surface area contributed by atoms with Gasteiger partial charge in [-0.3, -0.25) is 4.68 Å². The van der Waals surface area contributed by atoms with E-state index in [0.29, 0.717) is 25.5 Å². The largest absolute Gasteiger partial charge is 0.271 e. The molecule has 7 heteroatoms. The molecule has 5 nitrogen and oxygen atoms in total. The van der Waals surface area contributed by atoms with Crippen LogP contribution in [0.5, 0.6) is 0 Å². The molecule has 0 radical (unpaired) electrons. The molecule has 1 aliphatic heterocycles. The first-order chi connectivity index (χ1) is 9.35. The summed E-state index contributed by atoms with van der Waals surface area (Å²) in [6, 6.07) is 0. The van der Waals surface area contributed by atoms with Crippen molar-refractivity contribution in [2.24, 2.45) is 5.41 Å². The lowest BCUT2D eigenvalue weighted by molar-refractivity contribution is 0.187. The van der Waals surface area contributed by atoms with E-state index < -0.39 is 10.0 Å². The number of hydrogen-bond acceptors (Lipinski definition) is 3. The van der Waals surface area contributed by atoms with Gasteiger partial charge in [0.15, 0.2) is 0 Å². The standard InChI is InChI=1S/C13H22ClN3O2S/c1-13(2)5-3-8-17(11-13)20(18,19)12-9-15-16(10-12)7-4-6-14/h9-10H,3-8,11H2,1-2H3. The van der Waals surface area contributed by atoms with Gasteiger partial charge in [0, 0.05) is 31.7 Å². The van der Waals surface area contributed by atoms with Crippen molar-refractivity contribution in [3.63, 3.8) is 0 Å². The SMILES string of the molecule is CC1(C)CCCN(S(=O)(=O)c2cnn(CCCCl)c2)C1. The van der Waals surface area contributed by atoms with Gasteiger partial charge in [0.05, 0.1) is 6.20 Å². The molecule has 1 aromatic rings. The molecule has 114 valence electrons. The number of hydrogen-bond donors (Lipinski definition) is 0. The molecule has 0 bridgehead atoms. The highest BCUT2D eigenvalue weighted by Gasteiger charge is 2.34. The Kier molecular flexibility index (Phi) is 4.76. The number of piperidine rings is 1. The molecular weight excluding hydrogens is 298 g/mol. The summed E-state index contributed by atoms with van der Waals surface area (Å²) in [5.74, 6) is 0.544. The number of sulfonamides is 1. The van der Waals surface area contributed by atoms with Crippen molar-refractivity contribution in [1.29, 1.82) is 0 Å². The van der Waals surface area contributed by atoms with Crippen LogP contribution in [0, 0.1) is 5.41 Å². The van der Waals surface area contributed by atoms with E-state index in [0.717, 1.165) is 19.3 Å². The third-order valence-corrected chi connectivity index (χ3v) is 5.70. The number of aromatic nitrogens is 2. The van der Waals surface area contributed by atoms with E-state index >= 15 is 0 Å². The highest BCUT2D eigenvalue weighted by Crippen LogP contribution is 2.31. The van der Waals surface area contributed by atoms with E-state index in [1.54, 1.807) is 15.2 Å². The molecular formula is C13H22ClN3O2S. The van der Waals surface area contributed by atoms with Gasteiger partial charge in [-0.1, -0.05) is 13.8 Å². The van der Waals surface area contributed by atoms with Crippen LogP contribution in [0.15, 0.2) is 17.3 Å². The quantitative estimate of drug-likeness (QED) is 0.783. The van der Waals surface area contributed by atoms with Crippen molar-refractivity contribution < 1.29 is 8.42 Å². The summed E-state index contributed by atoms with van der Waals surface area (Å²) in [6.45, 7) is 6.03. The molecule has 1 aliphatic rings. The first kappa shape index (κ1) is 15.8. The zero-order valence-electron chi connectivity index (χ0n) is 12.0. The number of rotatable bonds is 5. The van der Waals surface area contributed by atoms with Crippen molar-refractivity contribution in [1.82, 2.24) is 14.1 Å². The molecule has 0 spiro atoms. The Morgan fingerprint density at radius 3 is 2.85 bits per heavy atom. The van der Waals surface area contributed by atoms with Gasteiger partial charge in [-0.15, -0.1) is 11.6 Å². The maximum atomic E-state index is 12.6. The molecule has 0 aromatic carbocycles. The lowest BCUT2D eigenvalue weighted by Crippen LogP contribution is -2.43. The van der Waals surface area contributed by atoms with Crippen molar-refractivity contribution in [2.75, 3.05) is 19.0 Å². The topological polar surface area (TPSA) is 55.2 Å². The first-order valence-corrected chi connectivity index (χ1v) is 8.91. The molecule has 1 saturated heterocycles. The van der Waals surface area contributed by atoms with E-state index in [2.05, 4.69) is 18.9 Å². The lowest BCUT2D eigenvalue weighted by Gasteiger charge is -2.36. The second-order valence-corrected chi connectivity index (χ2v) is 8.40. The summed E-state index contributed by atoms with van der Waals surface area (Å²) < 4.78 is 28.4. The summed E-state index contributed by atoms with van der Waals surface area (Å²) in [7, 11) is -3.42. The van der Waals surface area contributed by atoms with Crippen LogP contribution in [-0.4, -0.2) is 41.5 Å². The Labute approximate surface area is 126 Å². The molecule has 0 saturated carbocycles. The summed E-state index contributed by atoms with van der Waals surface area (Å²) >= 11 is 5.63. The second kappa shape index (κ2) is 6.03. The molecule has 2 heterocycles. The van der Waals surface area contributed by atoms with Gasteiger partial charge in [0.2, 0.25) is 10.0 Å². The predicted octanol–water partition coefficient (Wildman–Crippen LogP) is 2.32. The van der Waals surface area contributed by atoms with E-state index in [9.17, 15) is 8.42 Å². The smallest absolute Gasteiger partial charge is 0.246 e. The van der Waals surface area contributed by atoms with Crippen LogP contribution in [0.2, 0.25) is 0 Å². The first-order valence-electron chi connectivity index (χ1n) is 6.94. The molecule has 0 aliphatic carbocycles. The summed E-state index contributed by atoms with van der Waals surface area (Å²) in [4.78, 5) is 0.282. The number of halogens is 1. The predicted molar refractivity (Wildman–Crippen MR) is 79.3 cm³/mol. The van der Waals surface area contributed by atoms with Crippen LogP contribution in [0.4, 0.5) is 0 Å². The minimum atomic E-state index is -3.42. The molecule has 1 aromatic heterocycles. The van der Waals surface area contributed by atoms with Gasteiger partial charge in [-0.2, -0.15) is 9.40 Å². The number of alkyl halides is 1. The van der Waals surface area contributed by atoms with Crippen molar-refractivity contribution >= 4 is 21.6 Å². The van der Waals surface area contributed by atoms with Crippen LogP contribution < -0.4 is 0 Å². The van der Waals surface area contributed by atoms with Crippen LogP contribution in [0.25, 0.3) is 0 Å². The van der Waals surface area contributed by atoms with Gasteiger partial charge in [0.25, 0.3) is 0 Å². The highest BCUT2D eigenvalue weighted by molar-refractivity contribution is 7.89. The van der Waals surface area contributed by atoms with Gasteiger partial charge < -0.3 is 0 Å². The van der Waals surface area contributed by atoms with Gasteiger partial charge in [-0.25, -0.2) is 8.42 Å². The Balaban J connectivity index is 2.15. The zero-order chi connectivity index (χ0) is 14.8. The molecule has 2 rings (SSSR count). The van der Waals surface area contributed by atoms with E-state index in [-0.39, 0.29) is 10.3 Å². The molecule has 0 N–H and O–H groups in total. The molecule has 20 heavy (non-hydrogen) atoms. The molecule has 0 amide bonds. The van der Waals surface area contributed by atoms with E-state index in [4.69, 9.17) is 11.6 Å². The van der Waals surface area contributed by atoms with Crippen LogP contribution in [0.3, 0.4) is 0 Å². The zero-order valence-corrected chi connectivity index (χ0v) is 13.6. The maximum Gasteiger partial charge on any atom is 0.246 e. The lowest BCUT2D eigenvalue weighted by atomic mass is 9.85. The number of aryl methyl sites for hydroxylation is 1. The summed E-state index contributed by atoms with van der Waals surface area (Å²) in [5.41, 5.74) is 0.0416. The summed E-state index contributed by atoms with van der Waals surface area (Å²) in [5, 5.41) is 4.10. The fourth-order valence-electron chi connectivity index (χ4n) is 2.55. The van der Waals surface area contributed by atoms with E-state index in [1.165, 1.54) is 6.20 Å². The Hall–Kier alpha value is -0.590. The number of nitrogens with zero attached hydrogens (tertiary/aromatic N) is 3. The highest BCUT2D eigenvalue weighted by atomic mass is 35.5. The molecule has 0 unspecified atom stereocenters. The monoisotopic (exact) mass is 319 g/mol. The third-order valence-electron chi connectivity index (χ3n) is 3.63. The fraction of sp³-hybridized carbons (Fsp3) is 0.769. The molecule has 0 atom stereocenters. The summed E-state index contributed by atoms with van der Waals surface area (Å²) in [6.07, 6.45) is 5.79. The third kappa shape index (κ3) is 3.54. The Bertz CT molecular complexity index is 554. The minimum absolute atomic E-state index is 0.0416. The Morgan fingerprint density at radius 1 is 1.45 bits per heavy atom. The maximum absolute atomic E-state index is 12.6. The van der Waals surface area contributed by atoms with Crippen molar-refractivity contribution in [3.05, 3.63) is 12.4 Å². The van der Waals surface area contributed by atoms with Gasteiger partial charge >= 0.3 is 0 Å². The fourth-order valence-corrected chi connectivity index (χ4v) is 4.29. The van der Waals surface area contributed by atoms with Gasteiger partial charge in [-0.05, 0) is 24.7 Å². The molecule has 1 fully saturated rings. The van der Waals surface area contributed by atoms with Crippen LogP contribution in [0.1, 0.15) is 33.1 Å². The van der Waals surface area contributed by atoms with Crippen LogP contribution >= 0.6 is 11.6 Å². The minimum Gasteiger partial charge on any atom is -0.271 e. The van der Waals surface area contributed by atoms with Crippen LogP contribution in [-0.2, 0) is 16.6 Å². The van der Waals surface area contributed by atoms with Gasteiger partial charge in [0.1, 0.15) is 4.90 Å². The van der Waals surface area contributed by atoms with Crippen molar-refractivity contribution in [2.45, 2.75) is 44.6 Å². The normalized spacial score (nSPS) is 20.1.